The lowest BCUT2D eigenvalue weighted by molar-refractivity contribution is -0.147. The first-order chi connectivity index (χ1) is 15.2. The average molecular weight is 470 g/mol. The number of carbonyl (C=O) groups is 2. The fourth-order valence-corrected chi connectivity index (χ4v) is 4.60. The number of aliphatic carboxylic acids is 1. The maximum absolute atomic E-state index is 14.0. The molecule has 1 heterocycles. The number of carbonyl (C=O) groups excluding carboxylic acids is 1. The minimum absolute atomic E-state index is 0.0224. The molecule has 32 heavy (non-hydrogen) atoms. The number of hydrogen-bond donors (Lipinski definition) is 2. The van der Waals surface area contributed by atoms with E-state index in [1.165, 1.54) is 28.3 Å². The molecule has 3 atom stereocenters. The van der Waals surface area contributed by atoms with E-state index in [-0.39, 0.29) is 18.9 Å². The second kappa shape index (κ2) is 12.9. The van der Waals surface area contributed by atoms with Crippen LogP contribution in [0, 0.1) is 5.92 Å². The molecule has 1 aromatic carbocycles. The number of benzene rings is 1. The number of alkyl halides is 2. The number of hydrogen-bond acceptors (Lipinski definition) is 4. The van der Waals surface area contributed by atoms with Crippen LogP contribution in [-0.2, 0) is 16.0 Å². The molecule has 1 aliphatic rings. The Labute approximate surface area is 192 Å². The third-order valence-corrected chi connectivity index (χ3v) is 6.73. The molecule has 0 spiro atoms. The third kappa shape index (κ3) is 8.54. The van der Waals surface area contributed by atoms with Crippen molar-refractivity contribution in [2.75, 3.05) is 18.1 Å². The molecular formula is C24H33F2NO4S. The molecule has 1 amide bonds. The molecule has 0 radical (unpaired) electrons. The van der Waals surface area contributed by atoms with E-state index in [1.54, 1.807) is 6.08 Å². The maximum atomic E-state index is 14.0. The van der Waals surface area contributed by atoms with Crippen molar-refractivity contribution in [1.29, 1.82) is 0 Å². The minimum Gasteiger partial charge on any atom is -0.481 e. The summed E-state index contributed by atoms with van der Waals surface area (Å²) in [5, 5.41) is 19.1. The van der Waals surface area contributed by atoms with Gasteiger partial charge in [-0.1, -0.05) is 49.4 Å². The summed E-state index contributed by atoms with van der Waals surface area (Å²) >= 11 is 1.45. The largest absolute Gasteiger partial charge is 0.481 e. The number of carboxylic acids is 1. The van der Waals surface area contributed by atoms with Gasteiger partial charge in [0.05, 0.1) is 12.1 Å². The number of aliphatic hydroxyl groups is 1. The van der Waals surface area contributed by atoms with Gasteiger partial charge in [-0.3, -0.25) is 9.59 Å². The molecule has 178 valence electrons. The Bertz CT molecular complexity index is 760. The Morgan fingerprint density at radius 2 is 2.00 bits per heavy atom. The Morgan fingerprint density at radius 3 is 2.69 bits per heavy atom. The number of aliphatic hydroxyl groups excluding tert-OH is 1. The number of aryl methyl sites for hydroxylation is 1. The van der Waals surface area contributed by atoms with E-state index >= 15 is 0 Å². The highest BCUT2D eigenvalue weighted by atomic mass is 32.2. The molecule has 1 aromatic rings. The first-order valence-electron chi connectivity index (χ1n) is 11.1. The lowest BCUT2D eigenvalue weighted by atomic mass is 9.95. The van der Waals surface area contributed by atoms with E-state index in [2.05, 4.69) is 12.1 Å². The molecular weight excluding hydrogens is 436 g/mol. The number of halogens is 2. The van der Waals surface area contributed by atoms with Crippen LogP contribution >= 0.6 is 11.8 Å². The van der Waals surface area contributed by atoms with Gasteiger partial charge in [0.2, 0.25) is 0 Å². The van der Waals surface area contributed by atoms with Crippen molar-refractivity contribution in [2.45, 2.75) is 63.5 Å². The number of amides is 1. The maximum Gasteiger partial charge on any atom is 0.327 e. The van der Waals surface area contributed by atoms with Crippen LogP contribution in [0.5, 0.6) is 0 Å². The second-order valence-corrected chi connectivity index (χ2v) is 9.54. The number of carboxylic acid groups (broad SMARTS) is 1. The molecule has 5 nitrogen and oxygen atoms in total. The summed E-state index contributed by atoms with van der Waals surface area (Å²) in [6.07, 6.45) is 4.94. The van der Waals surface area contributed by atoms with Gasteiger partial charge < -0.3 is 15.1 Å². The summed E-state index contributed by atoms with van der Waals surface area (Å²) in [5.74, 6) is -4.39. The SMILES string of the molecule is C[C@@H](CCCc1ccccc1)[C@@H](O)C=C[C@H]1CC(F)(F)C(=O)N1CCSCCCC(=O)O. The fraction of sp³-hybridized carbons (Fsp3) is 0.583. The molecule has 0 aromatic heterocycles. The molecule has 0 aliphatic carbocycles. The van der Waals surface area contributed by atoms with Crippen molar-refractivity contribution in [1.82, 2.24) is 4.90 Å². The molecule has 2 rings (SSSR count). The predicted molar refractivity (Wildman–Crippen MR) is 123 cm³/mol. The summed E-state index contributed by atoms with van der Waals surface area (Å²) in [6.45, 7) is 2.10. The highest BCUT2D eigenvalue weighted by Gasteiger charge is 2.52. The molecule has 2 N–H and O–H groups in total. The van der Waals surface area contributed by atoms with Crippen LogP contribution < -0.4 is 0 Å². The Kier molecular flexibility index (Phi) is 10.6. The van der Waals surface area contributed by atoms with Crippen molar-refractivity contribution in [3.05, 3.63) is 48.0 Å². The van der Waals surface area contributed by atoms with Crippen LogP contribution in [-0.4, -0.2) is 63.1 Å². The first-order valence-corrected chi connectivity index (χ1v) is 12.2. The smallest absolute Gasteiger partial charge is 0.327 e. The Hall–Kier alpha value is -1.93. The van der Waals surface area contributed by atoms with Gasteiger partial charge in [-0.15, -0.1) is 0 Å². The van der Waals surface area contributed by atoms with Crippen molar-refractivity contribution in [2.24, 2.45) is 5.92 Å². The van der Waals surface area contributed by atoms with E-state index < -0.39 is 36.4 Å². The third-order valence-electron chi connectivity index (χ3n) is 5.68. The average Bonchev–Trinajstić information content (AvgIpc) is 2.97. The molecule has 8 heteroatoms. The lowest BCUT2D eigenvalue weighted by Gasteiger charge is -2.22. The number of rotatable bonds is 14. The zero-order valence-electron chi connectivity index (χ0n) is 18.5. The van der Waals surface area contributed by atoms with Gasteiger partial charge in [0.25, 0.3) is 5.91 Å². The van der Waals surface area contributed by atoms with Crippen LogP contribution in [0.3, 0.4) is 0 Å². The molecule has 1 saturated heterocycles. The number of nitrogens with zero attached hydrogens (tertiary/aromatic N) is 1. The van der Waals surface area contributed by atoms with Gasteiger partial charge >= 0.3 is 11.9 Å². The molecule has 1 aliphatic heterocycles. The van der Waals surface area contributed by atoms with E-state index in [0.717, 1.165) is 19.3 Å². The van der Waals surface area contributed by atoms with Crippen LogP contribution in [0.25, 0.3) is 0 Å². The van der Waals surface area contributed by atoms with Crippen LogP contribution in [0.15, 0.2) is 42.5 Å². The molecule has 0 bridgehead atoms. The van der Waals surface area contributed by atoms with Gasteiger partial charge in [0.15, 0.2) is 0 Å². The standard InChI is InChI=1S/C24H33F2NO4S/c1-18(7-5-10-19-8-3-2-4-9-19)21(28)13-12-20-17-24(25,26)23(31)27(20)14-16-32-15-6-11-22(29)30/h2-4,8-9,12-13,18,20-21,28H,5-7,10-11,14-17H2,1H3,(H,29,30)/t18-,20-,21-/m0/s1. The normalized spacial score (nSPS) is 20.1. The van der Waals surface area contributed by atoms with E-state index in [9.17, 15) is 23.5 Å². The number of thioether (sulfide) groups is 1. The van der Waals surface area contributed by atoms with Gasteiger partial charge in [-0.25, -0.2) is 0 Å². The van der Waals surface area contributed by atoms with Crippen LogP contribution in [0.2, 0.25) is 0 Å². The lowest BCUT2D eigenvalue weighted by Crippen LogP contribution is -2.37. The summed E-state index contributed by atoms with van der Waals surface area (Å²) < 4.78 is 28.0. The molecule has 0 unspecified atom stereocenters. The summed E-state index contributed by atoms with van der Waals surface area (Å²) in [7, 11) is 0. The highest BCUT2D eigenvalue weighted by molar-refractivity contribution is 7.99. The monoisotopic (exact) mass is 469 g/mol. The Balaban J connectivity index is 1.81. The van der Waals surface area contributed by atoms with Gasteiger partial charge in [-0.05, 0) is 42.9 Å². The van der Waals surface area contributed by atoms with Crippen molar-refractivity contribution >= 4 is 23.6 Å². The zero-order valence-corrected chi connectivity index (χ0v) is 19.3. The quantitative estimate of drug-likeness (QED) is 0.312. The van der Waals surface area contributed by atoms with Crippen molar-refractivity contribution < 1.29 is 28.6 Å². The first kappa shape index (κ1) is 26.3. The number of likely N-dealkylation sites (tertiary alicyclic amines) is 1. The zero-order chi connectivity index (χ0) is 23.6. The van der Waals surface area contributed by atoms with Crippen LogP contribution in [0.1, 0.15) is 44.6 Å². The van der Waals surface area contributed by atoms with E-state index in [4.69, 9.17) is 5.11 Å². The highest BCUT2D eigenvalue weighted by Crippen LogP contribution is 2.34. The van der Waals surface area contributed by atoms with Gasteiger partial charge in [-0.2, -0.15) is 20.5 Å². The summed E-state index contributed by atoms with van der Waals surface area (Å²) in [5.41, 5.74) is 1.24. The summed E-state index contributed by atoms with van der Waals surface area (Å²) in [6, 6.07) is 9.35. The van der Waals surface area contributed by atoms with Gasteiger partial charge in [0, 0.05) is 25.1 Å². The van der Waals surface area contributed by atoms with Gasteiger partial charge in [0.1, 0.15) is 0 Å². The van der Waals surface area contributed by atoms with Crippen molar-refractivity contribution in [3.8, 4) is 0 Å². The van der Waals surface area contributed by atoms with Crippen LogP contribution in [0.4, 0.5) is 8.78 Å². The fourth-order valence-electron chi connectivity index (χ4n) is 3.73. The second-order valence-electron chi connectivity index (χ2n) is 8.31. The minimum atomic E-state index is -3.39. The van der Waals surface area contributed by atoms with E-state index in [1.807, 2.05) is 25.1 Å². The predicted octanol–water partition coefficient (Wildman–Crippen LogP) is 4.40. The molecule has 0 saturated carbocycles. The molecule has 1 fully saturated rings. The summed E-state index contributed by atoms with van der Waals surface area (Å²) in [4.78, 5) is 23.8. The topological polar surface area (TPSA) is 77.8 Å². The van der Waals surface area contributed by atoms with E-state index in [0.29, 0.717) is 17.9 Å². The Morgan fingerprint density at radius 1 is 1.28 bits per heavy atom. The van der Waals surface area contributed by atoms with Crippen molar-refractivity contribution in [3.63, 3.8) is 0 Å².